The Morgan fingerprint density at radius 2 is 1.84 bits per heavy atom. The Hall–Kier alpha value is -1.68. The third kappa shape index (κ3) is 2.16. The Kier molecular flexibility index (Phi) is 3.11. The maximum absolute atomic E-state index is 12.4. The molecule has 3 unspecified atom stereocenters. The topological polar surface area (TPSA) is 49.4 Å². The number of carbonyl (C=O) groups is 2. The van der Waals surface area contributed by atoms with Gasteiger partial charge in [-0.2, -0.15) is 0 Å². The zero-order chi connectivity index (χ0) is 13.4. The number of carbonyl (C=O) groups excluding carboxylic acids is 2. The number of likely N-dealkylation sites (tertiary alicyclic amines) is 1. The van der Waals surface area contributed by atoms with Crippen LogP contribution in [-0.2, 0) is 16.1 Å². The molecule has 2 saturated heterocycles. The highest BCUT2D eigenvalue weighted by molar-refractivity contribution is 6.05. The number of piperidine rings is 1. The standard InChI is InChI=1S/C15H18N2O2/c1-10-7-12-13(8-16-10)15(19)17(14(12)18)9-11-5-3-2-4-6-11/h2-6,10,12-13,16H,7-9H2,1H3. The van der Waals surface area contributed by atoms with E-state index in [-0.39, 0.29) is 23.7 Å². The predicted octanol–water partition coefficient (Wildman–Crippen LogP) is 1.17. The van der Waals surface area contributed by atoms with Gasteiger partial charge in [-0.05, 0) is 18.9 Å². The summed E-state index contributed by atoms with van der Waals surface area (Å²) >= 11 is 0. The van der Waals surface area contributed by atoms with E-state index in [1.54, 1.807) is 0 Å². The number of nitrogens with one attached hydrogen (secondary N) is 1. The fourth-order valence-electron chi connectivity index (χ4n) is 3.06. The van der Waals surface area contributed by atoms with Gasteiger partial charge in [0.05, 0.1) is 18.4 Å². The van der Waals surface area contributed by atoms with Gasteiger partial charge in [0.2, 0.25) is 11.8 Å². The summed E-state index contributed by atoms with van der Waals surface area (Å²) < 4.78 is 0. The van der Waals surface area contributed by atoms with E-state index < -0.39 is 0 Å². The highest BCUT2D eigenvalue weighted by Gasteiger charge is 2.49. The Bertz CT molecular complexity index is 500. The molecule has 1 aromatic carbocycles. The number of hydrogen-bond acceptors (Lipinski definition) is 3. The number of benzene rings is 1. The van der Waals surface area contributed by atoms with Crippen LogP contribution in [0.4, 0.5) is 0 Å². The van der Waals surface area contributed by atoms with Crippen LogP contribution in [0.3, 0.4) is 0 Å². The molecule has 3 atom stereocenters. The summed E-state index contributed by atoms with van der Waals surface area (Å²) in [6.45, 7) is 3.09. The van der Waals surface area contributed by atoms with Gasteiger partial charge >= 0.3 is 0 Å². The van der Waals surface area contributed by atoms with E-state index in [2.05, 4.69) is 12.2 Å². The lowest BCUT2D eigenvalue weighted by atomic mass is 9.85. The first-order valence-corrected chi connectivity index (χ1v) is 6.79. The summed E-state index contributed by atoms with van der Waals surface area (Å²) in [4.78, 5) is 26.1. The average molecular weight is 258 g/mol. The van der Waals surface area contributed by atoms with Crippen LogP contribution in [0.5, 0.6) is 0 Å². The molecule has 0 aromatic heterocycles. The van der Waals surface area contributed by atoms with E-state index >= 15 is 0 Å². The van der Waals surface area contributed by atoms with Gasteiger partial charge in [-0.1, -0.05) is 30.3 Å². The highest BCUT2D eigenvalue weighted by atomic mass is 16.2. The van der Waals surface area contributed by atoms with Gasteiger partial charge in [-0.3, -0.25) is 14.5 Å². The largest absolute Gasteiger partial charge is 0.313 e. The number of nitrogens with zero attached hydrogens (tertiary/aromatic N) is 1. The number of hydrogen-bond donors (Lipinski definition) is 1. The van der Waals surface area contributed by atoms with Crippen LogP contribution in [0.15, 0.2) is 30.3 Å². The van der Waals surface area contributed by atoms with Crippen molar-refractivity contribution in [2.45, 2.75) is 25.9 Å². The van der Waals surface area contributed by atoms with Crippen molar-refractivity contribution in [3.8, 4) is 0 Å². The molecule has 4 nitrogen and oxygen atoms in total. The van der Waals surface area contributed by atoms with E-state index in [0.717, 1.165) is 12.0 Å². The molecule has 100 valence electrons. The van der Waals surface area contributed by atoms with Gasteiger partial charge < -0.3 is 5.32 Å². The van der Waals surface area contributed by atoms with Crippen LogP contribution < -0.4 is 5.32 Å². The minimum Gasteiger partial charge on any atom is -0.313 e. The molecule has 1 aromatic rings. The van der Waals surface area contributed by atoms with Crippen molar-refractivity contribution >= 4 is 11.8 Å². The van der Waals surface area contributed by atoms with Crippen LogP contribution in [0.2, 0.25) is 0 Å². The first-order chi connectivity index (χ1) is 9.16. The zero-order valence-electron chi connectivity index (χ0n) is 11.0. The van der Waals surface area contributed by atoms with Gasteiger partial charge in [0.25, 0.3) is 0 Å². The summed E-state index contributed by atoms with van der Waals surface area (Å²) in [5.74, 6) is -0.287. The van der Waals surface area contributed by atoms with E-state index in [0.29, 0.717) is 19.1 Å². The smallest absolute Gasteiger partial charge is 0.234 e. The second-order valence-electron chi connectivity index (χ2n) is 5.51. The zero-order valence-corrected chi connectivity index (χ0v) is 11.0. The highest BCUT2D eigenvalue weighted by Crippen LogP contribution is 2.33. The van der Waals surface area contributed by atoms with Crippen molar-refractivity contribution in [2.24, 2.45) is 11.8 Å². The monoisotopic (exact) mass is 258 g/mol. The Morgan fingerprint density at radius 3 is 2.58 bits per heavy atom. The maximum atomic E-state index is 12.4. The van der Waals surface area contributed by atoms with Gasteiger partial charge in [-0.15, -0.1) is 0 Å². The SMILES string of the molecule is CC1CC2C(=O)N(Cc3ccccc3)C(=O)C2CN1. The van der Waals surface area contributed by atoms with Crippen LogP contribution in [-0.4, -0.2) is 29.3 Å². The van der Waals surface area contributed by atoms with Gasteiger partial charge in [0, 0.05) is 12.6 Å². The minimum atomic E-state index is -0.160. The minimum absolute atomic E-state index is 0.00667. The molecular formula is C15H18N2O2. The second-order valence-corrected chi connectivity index (χ2v) is 5.51. The molecule has 2 heterocycles. The van der Waals surface area contributed by atoms with Crippen molar-refractivity contribution in [3.63, 3.8) is 0 Å². The van der Waals surface area contributed by atoms with E-state index in [1.807, 2.05) is 30.3 Å². The first-order valence-electron chi connectivity index (χ1n) is 6.79. The molecule has 2 fully saturated rings. The first kappa shape index (κ1) is 12.4. The van der Waals surface area contributed by atoms with E-state index in [9.17, 15) is 9.59 Å². The van der Waals surface area contributed by atoms with Gasteiger partial charge in [-0.25, -0.2) is 0 Å². The van der Waals surface area contributed by atoms with Gasteiger partial charge in [0.15, 0.2) is 0 Å². The molecule has 1 N–H and O–H groups in total. The molecule has 0 aliphatic carbocycles. The summed E-state index contributed by atoms with van der Waals surface area (Å²) in [7, 11) is 0. The predicted molar refractivity (Wildman–Crippen MR) is 71.1 cm³/mol. The van der Waals surface area contributed by atoms with Crippen LogP contribution >= 0.6 is 0 Å². The molecule has 0 spiro atoms. The maximum Gasteiger partial charge on any atom is 0.234 e. The lowest BCUT2D eigenvalue weighted by molar-refractivity contribution is -0.140. The number of amides is 2. The quantitative estimate of drug-likeness (QED) is 0.810. The average Bonchev–Trinajstić information content (AvgIpc) is 2.65. The molecule has 19 heavy (non-hydrogen) atoms. The molecule has 3 rings (SSSR count). The molecule has 0 radical (unpaired) electrons. The Balaban J connectivity index is 1.80. The Labute approximate surface area is 112 Å². The molecule has 2 amide bonds. The molecule has 4 heteroatoms. The third-order valence-corrected chi connectivity index (χ3v) is 4.13. The van der Waals surface area contributed by atoms with Crippen LogP contribution in [0, 0.1) is 11.8 Å². The van der Waals surface area contributed by atoms with Crippen LogP contribution in [0.25, 0.3) is 0 Å². The van der Waals surface area contributed by atoms with Crippen molar-refractivity contribution in [3.05, 3.63) is 35.9 Å². The lowest BCUT2D eigenvalue weighted by Crippen LogP contribution is -2.43. The van der Waals surface area contributed by atoms with Crippen molar-refractivity contribution in [2.75, 3.05) is 6.54 Å². The summed E-state index contributed by atoms with van der Waals surface area (Å²) in [6, 6.07) is 10.00. The number of imide groups is 1. The number of fused-ring (bicyclic) bond motifs is 1. The summed E-state index contributed by atoms with van der Waals surface area (Å²) in [6.07, 6.45) is 0.764. The normalized spacial score (nSPS) is 30.6. The summed E-state index contributed by atoms with van der Waals surface area (Å²) in [5, 5.41) is 3.29. The van der Waals surface area contributed by atoms with Crippen LogP contribution in [0.1, 0.15) is 18.9 Å². The second kappa shape index (κ2) is 4.78. The van der Waals surface area contributed by atoms with Crippen molar-refractivity contribution in [1.82, 2.24) is 10.2 Å². The molecule has 0 saturated carbocycles. The van der Waals surface area contributed by atoms with Crippen molar-refractivity contribution in [1.29, 1.82) is 0 Å². The Morgan fingerprint density at radius 1 is 1.16 bits per heavy atom. The molecule has 2 aliphatic rings. The van der Waals surface area contributed by atoms with Gasteiger partial charge in [0.1, 0.15) is 0 Å². The van der Waals surface area contributed by atoms with E-state index in [4.69, 9.17) is 0 Å². The number of rotatable bonds is 2. The summed E-state index contributed by atoms with van der Waals surface area (Å²) in [5.41, 5.74) is 1.00. The molecule has 0 bridgehead atoms. The lowest BCUT2D eigenvalue weighted by Gasteiger charge is -2.27. The molecule has 2 aliphatic heterocycles. The molecular weight excluding hydrogens is 240 g/mol. The fourth-order valence-corrected chi connectivity index (χ4v) is 3.06. The van der Waals surface area contributed by atoms with Crippen molar-refractivity contribution < 1.29 is 9.59 Å². The fraction of sp³-hybridized carbons (Fsp3) is 0.467. The van der Waals surface area contributed by atoms with E-state index in [1.165, 1.54) is 4.90 Å². The third-order valence-electron chi connectivity index (χ3n) is 4.13.